The minimum atomic E-state index is -0.277. The third kappa shape index (κ3) is 4.59. The van der Waals surface area contributed by atoms with Crippen molar-refractivity contribution >= 4 is 22.4 Å². The Hall–Kier alpha value is -3.64. The number of rotatable bonds is 6. The highest BCUT2D eigenvalue weighted by Crippen LogP contribution is 2.39. The predicted molar refractivity (Wildman–Crippen MR) is 125 cm³/mol. The highest BCUT2D eigenvalue weighted by atomic mass is 32.1. The van der Waals surface area contributed by atoms with E-state index in [9.17, 15) is 4.79 Å². The number of amides is 1. The quantitative estimate of drug-likeness (QED) is 0.404. The number of ether oxygens (including phenoxy) is 2. The van der Waals surface area contributed by atoms with Gasteiger partial charge in [0.25, 0.3) is 5.91 Å². The van der Waals surface area contributed by atoms with Crippen molar-refractivity contribution in [2.75, 3.05) is 19.5 Å². The highest BCUT2D eigenvalue weighted by molar-refractivity contribution is 7.19. The van der Waals surface area contributed by atoms with E-state index in [0.29, 0.717) is 22.2 Å². The molecule has 0 radical (unpaired) electrons. The van der Waals surface area contributed by atoms with Crippen molar-refractivity contribution in [3.63, 3.8) is 0 Å². The molecule has 1 amide bonds. The van der Waals surface area contributed by atoms with Crippen LogP contribution in [0.2, 0.25) is 0 Å². The molecule has 3 aromatic carbocycles. The van der Waals surface area contributed by atoms with Crippen molar-refractivity contribution in [1.29, 1.82) is 0 Å². The summed E-state index contributed by atoms with van der Waals surface area (Å²) >= 11 is 1.45. The number of nitrogens with zero attached hydrogens (tertiary/aromatic N) is 1. The van der Waals surface area contributed by atoms with Crippen LogP contribution in [-0.4, -0.2) is 25.1 Å². The van der Waals surface area contributed by atoms with Gasteiger partial charge in [0.05, 0.1) is 24.8 Å². The molecule has 0 unspecified atom stereocenters. The maximum atomic E-state index is 12.9. The predicted octanol–water partition coefficient (Wildman–Crippen LogP) is 6.06. The zero-order valence-corrected chi connectivity index (χ0v) is 18.3. The molecule has 4 rings (SSSR count). The van der Waals surface area contributed by atoms with E-state index in [1.54, 1.807) is 32.4 Å². The molecule has 0 fully saturated rings. The lowest BCUT2D eigenvalue weighted by Gasteiger charge is -2.08. The molecule has 31 heavy (non-hydrogen) atoms. The van der Waals surface area contributed by atoms with Gasteiger partial charge in [0.15, 0.2) is 5.13 Å². The van der Waals surface area contributed by atoms with Gasteiger partial charge in [-0.2, -0.15) is 0 Å². The van der Waals surface area contributed by atoms with E-state index < -0.39 is 0 Å². The van der Waals surface area contributed by atoms with Crippen LogP contribution in [0.15, 0.2) is 72.8 Å². The van der Waals surface area contributed by atoms with Gasteiger partial charge in [-0.3, -0.25) is 10.1 Å². The van der Waals surface area contributed by atoms with Gasteiger partial charge in [-0.05, 0) is 24.6 Å². The monoisotopic (exact) mass is 430 g/mol. The van der Waals surface area contributed by atoms with Crippen LogP contribution < -0.4 is 14.8 Å². The van der Waals surface area contributed by atoms with Gasteiger partial charge in [-0.15, -0.1) is 0 Å². The van der Waals surface area contributed by atoms with Crippen LogP contribution >= 0.6 is 11.3 Å². The Morgan fingerprint density at radius 2 is 1.52 bits per heavy atom. The average Bonchev–Trinajstić information content (AvgIpc) is 3.23. The van der Waals surface area contributed by atoms with E-state index in [0.717, 1.165) is 21.7 Å². The molecule has 1 heterocycles. The van der Waals surface area contributed by atoms with Crippen molar-refractivity contribution in [3.05, 3.63) is 83.9 Å². The van der Waals surface area contributed by atoms with Gasteiger partial charge >= 0.3 is 0 Å². The summed E-state index contributed by atoms with van der Waals surface area (Å²) in [5, 5.41) is 3.46. The first-order valence-electron chi connectivity index (χ1n) is 9.75. The first-order valence-corrected chi connectivity index (χ1v) is 10.6. The lowest BCUT2D eigenvalue weighted by Crippen LogP contribution is -2.12. The van der Waals surface area contributed by atoms with Crippen LogP contribution in [-0.2, 0) is 0 Å². The summed E-state index contributed by atoms with van der Waals surface area (Å²) in [6.07, 6.45) is 0. The SMILES string of the molecule is COc1cc(OC)cc(C(=O)Nc2nc(-c3ccc(C)cc3)c(-c3ccccc3)s2)c1. The summed E-state index contributed by atoms with van der Waals surface area (Å²) in [5.41, 5.74) is 4.52. The normalized spacial score (nSPS) is 10.5. The maximum absolute atomic E-state index is 12.9. The molecule has 6 heteroatoms. The van der Waals surface area contributed by atoms with Crippen molar-refractivity contribution < 1.29 is 14.3 Å². The summed E-state index contributed by atoms with van der Waals surface area (Å²) in [6, 6.07) is 23.4. The number of thiazole rings is 1. The van der Waals surface area contributed by atoms with E-state index in [1.807, 2.05) is 30.3 Å². The molecule has 1 aromatic heterocycles. The summed E-state index contributed by atoms with van der Waals surface area (Å²) in [5.74, 6) is 0.823. The smallest absolute Gasteiger partial charge is 0.257 e. The van der Waals surface area contributed by atoms with E-state index in [-0.39, 0.29) is 5.91 Å². The lowest BCUT2D eigenvalue weighted by molar-refractivity contribution is 0.102. The van der Waals surface area contributed by atoms with Crippen molar-refractivity contribution in [2.24, 2.45) is 0 Å². The Balaban J connectivity index is 1.71. The van der Waals surface area contributed by atoms with Gasteiger partial charge in [0.1, 0.15) is 11.5 Å². The fourth-order valence-electron chi connectivity index (χ4n) is 3.17. The third-order valence-corrected chi connectivity index (χ3v) is 5.84. The van der Waals surface area contributed by atoms with Gasteiger partial charge in [0.2, 0.25) is 0 Å². The Kier molecular flexibility index (Phi) is 6.00. The molecule has 156 valence electrons. The standard InChI is InChI=1S/C25H22N2O3S/c1-16-9-11-17(12-10-16)22-23(18-7-5-4-6-8-18)31-25(26-22)27-24(28)19-13-20(29-2)15-21(14-19)30-3/h4-15H,1-3H3,(H,26,27,28). The third-order valence-electron chi connectivity index (χ3n) is 4.82. The van der Waals surface area contributed by atoms with Crippen LogP contribution in [0.4, 0.5) is 5.13 Å². The van der Waals surface area contributed by atoms with Crippen LogP contribution in [0.1, 0.15) is 15.9 Å². The van der Waals surface area contributed by atoms with E-state index >= 15 is 0 Å². The number of anilines is 1. The number of carbonyl (C=O) groups excluding carboxylic acids is 1. The number of methoxy groups -OCH3 is 2. The van der Waals surface area contributed by atoms with E-state index in [4.69, 9.17) is 14.5 Å². The summed E-state index contributed by atoms with van der Waals surface area (Å²) in [7, 11) is 3.11. The van der Waals surface area contributed by atoms with Crippen LogP contribution in [0.25, 0.3) is 21.7 Å². The van der Waals surface area contributed by atoms with Crippen LogP contribution in [0, 0.1) is 6.92 Å². The van der Waals surface area contributed by atoms with Crippen molar-refractivity contribution in [3.8, 4) is 33.2 Å². The first kappa shape index (κ1) is 20.6. The van der Waals surface area contributed by atoms with E-state index in [2.05, 4.69) is 36.5 Å². The minimum absolute atomic E-state index is 0.277. The summed E-state index contributed by atoms with van der Waals surface area (Å²) < 4.78 is 10.5. The zero-order chi connectivity index (χ0) is 21.8. The number of benzene rings is 3. The van der Waals surface area contributed by atoms with Crippen molar-refractivity contribution in [2.45, 2.75) is 6.92 Å². The van der Waals surface area contributed by atoms with Gasteiger partial charge in [-0.1, -0.05) is 71.5 Å². The molecule has 0 spiro atoms. The molecule has 5 nitrogen and oxygen atoms in total. The summed E-state index contributed by atoms with van der Waals surface area (Å²) in [4.78, 5) is 18.7. The average molecular weight is 431 g/mol. The highest BCUT2D eigenvalue weighted by Gasteiger charge is 2.18. The van der Waals surface area contributed by atoms with E-state index in [1.165, 1.54) is 16.9 Å². The molecule has 1 N–H and O–H groups in total. The fourth-order valence-corrected chi connectivity index (χ4v) is 4.16. The molecule has 0 saturated carbocycles. The molecule has 4 aromatic rings. The number of aromatic nitrogens is 1. The van der Waals surface area contributed by atoms with Crippen molar-refractivity contribution in [1.82, 2.24) is 4.98 Å². The van der Waals surface area contributed by atoms with Crippen LogP contribution in [0.5, 0.6) is 11.5 Å². The zero-order valence-electron chi connectivity index (χ0n) is 17.5. The topological polar surface area (TPSA) is 60.5 Å². The maximum Gasteiger partial charge on any atom is 0.257 e. The number of nitrogens with one attached hydrogen (secondary N) is 1. The first-order chi connectivity index (χ1) is 15.1. The minimum Gasteiger partial charge on any atom is -0.497 e. The van der Waals surface area contributed by atoms with Crippen LogP contribution in [0.3, 0.4) is 0 Å². The van der Waals surface area contributed by atoms with Gasteiger partial charge in [-0.25, -0.2) is 4.98 Å². The molecule has 0 bridgehead atoms. The molecule has 0 aliphatic heterocycles. The Morgan fingerprint density at radius 1 is 0.871 bits per heavy atom. The molecular formula is C25H22N2O3S. The number of hydrogen-bond donors (Lipinski definition) is 1. The Labute approximate surface area is 185 Å². The molecular weight excluding hydrogens is 408 g/mol. The fraction of sp³-hybridized carbons (Fsp3) is 0.120. The lowest BCUT2D eigenvalue weighted by atomic mass is 10.1. The van der Waals surface area contributed by atoms with Gasteiger partial charge in [0, 0.05) is 17.2 Å². The second-order valence-electron chi connectivity index (χ2n) is 6.98. The number of carbonyl (C=O) groups is 1. The Morgan fingerprint density at radius 3 is 2.13 bits per heavy atom. The molecule has 0 saturated heterocycles. The van der Waals surface area contributed by atoms with Gasteiger partial charge < -0.3 is 9.47 Å². The molecule has 0 atom stereocenters. The number of hydrogen-bond acceptors (Lipinski definition) is 5. The second-order valence-corrected chi connectivity index (χ2v) is 7.98. The number of aryl methyl sites for hydroxylation is 1. The largest absolute Gasteiger partial charge is 0.497 e. The summed E-state index contributed by atoms with van der Waals surface area (Å²) in [6.45, 7) is 2.05. The molecule has 0 aliphatic carbocycles. The second kappa shape index (κ2) is 9.02. The molecule has 0 aliphatic rings. The Bertz CT molecular complexity index is 1180.